The number of Topliss-reactive ketones (excluding diaryl/α,β-unsaturated/α-hetero) is 1. The average molecular weight is 272 g/mol. The van der Waals surface area contributed by atoms with E-state index in [2.05, 4.69) is 9.97 Å². The fraction of sp³-hybridized carbons (Fsp3) is 0.267. The maximum atomic E-state index is 14.0. The summed E-state index contributed by atoms with van der Waals surface area (Å²) < 4.78 is 19.5. The minimum atomic E-state index is -0.536. The van der Waals surface area contributed by atoms with Crippen molar-refractivity contribution in [2.24, 2.45) is 0 Å². The van der Waals surface area contributed by atoms with Crippen molar-refractivity contribution in [3.63, 3.8) is 0 Å². The van der Waals surface area contributed by atoms with E-state index in [0.29, 0.717) is 30.7 Å². The Morgan fingerprint density at radius 1 is 1.30 bits per heavy atom. The molecule has 102 valence electrons. The second kappa shape index (κ2) is 5.00. The molecule has 0 saturated heterocycles. The topological polar surface area (TPSA) is 52.1 Å². The van der Waals surface area contributed by atoms with E-state index in [9.17, 15) is 9.18 Å². The number of carbonyl (C=O) groups excluding carboxylic acids is 1. The van der Waals surface area contributed by atoms with E-state index < -0.39 is 5.82 Å². The van der Waals surface area contributed by atoms with Crippen molar-refractivity contribution >= 4 is 5.78 Å². The zero-order valence-corrected chi connectivity index (χ0v) is 11.0. The zero-order chi connectivity index (χ0) is 14.1. The Bertz CT molecular complexity index is 686. The number of hydrogen-bond donors (Lipinski definition) is 0. The third-order valence-electron chi connectivity index (χ3n) is 3.38. The lowest BCUT2D eigenvalue weighted by Crippen LogP contribution is -2.00. The molecule has 2 aromatic rings. The van der Waals surface area contributed by atoms with Gasteiger partial charge in [-0.05, 0) is 36.6 Å². The summed E-state index contributed by atoms with van der Waals surface area (Å²) in [6.45, 7) is 1.82. The highest BCUT2D eigenvalue weighted by atomic mass is 19.1. The van der Waals surface area contributed by atoms with E-state index >= 15 is 0 Å². The predicted molar refractivity (Wildman–Crippen MR) is 70.5 cm³/mol. The first kappa shape index (κ1) is 12.7. The lowest BCUT2D eigenvalue weighted by molar-refractivity contribution is 0.0994. The van der Waals surface area contributed by atoms with Crippen LogP contribution in [0.1, 0.15) is 35.0 Å². The van der Waals surface area contributed by atoms with Crippen molar-refractivity contribution in [1.29, 1.82) is 0 Å². The Morgan fingerprint density at radius 2 is 2.15 bits per heavy atom. The molecule has 1 aliphatic carbocycles. The van der Waals surface area contributed by atoms with Crippen LogP contribution in [-0.4, -0.2) is 15.8 Å². The van der Waals surface area contributed by atoms with Crippen LogP contribution < -0.4 is 4.74 Å². The molecule has 20 heavy (non-hydrogen) atoms. The lowest BCUT2D eigenvalue weighted by atomic mass is 10.1. The minimum Gasteiger partial charge on any atom is -0.436 e. The number of hydrogen-bond acceptors (Lipinski definition) is 4. The molecule has 1 aromatic carbocycles. The van der Waals surface area contributed by atoms with Crippen molar-refractivity contribution in [3.8, 4) is 11.6 Å². The number of carbonyl (C=O) groups is 1. The molecular formula is C15H13FN2O2. The molecular weight excluding hydrogens is 259 g/mol. The fourth-order valence-electron chi connectivity index (χ4n) is 2.31. The van der Waals surface area contributed by atoms with Crippen molar-refractivity contribution < 1.29 is 13.9 Å². The first-order chi connectivity index (χ1) is 9.69. The third kappa shape index (κ3) is 2.15. The second-order valence-electron chi connectivity index (χ2n) is 4.64. The molecule has 3 rings (SSSR count). The highest BCUT2D eigenvalue weighted by Gasteiger charge is 2.20. The molecule has 0 unspecified atom stereocenters. The molecule has 0 spiro atoms. The number of ketones is 1. The molecule has 0 atom stereocenters. The van der Waals surface area contributed by atoms with Crippen LogP contribution in [-0.2, 0) is 12.8 Å². The number of fused-ring (bicyclic) bond motifs is 1. The maximum absolute atomic E-state index is 14.0. The Hall–Kier alpha value is -2.30. The first-order valence-electron chi connectivity index (χ1n) is 6.52. The summed E-state index contributed by atoms with van der Waals surface area (Å²) in [6.07, 6.45) is 3.00. The van der Waals surface area contributed by atoms with E-state index in [1.54, 1.807) is 18.2 Å². The highest BCUT2D eigenvalue weighted by molar-refractivity contribution is 6.00. The SMILES string of the molecule is CCc1ncnc(Oc2ccc3c(c2)CCC3=O)c1F. The molecule has 1 heterocycles. The van der Waals surface area contributed by atoms with Gasteiger partial charge in [0.25, 0.3) is 5.88 Å². The third-order valence-corrected chi connectivity index (χ3v) is 3.38. The van der Waals surface area contributed by atoms with Gasteiger partial charge in [0.1, 0.15) is 12.1 Å². The monoisotopic (exact) mass is 272 g/mol. The Balaban J connectivity index is 1.91. The number of rotatable bonds is 3. The molecule has 0 saturated carbocycles. The number of aryl methyl sites for hydroxylation is 2. The molecule has 0 aliphatic heterocycles. The van der Waals surface area contributed by atoms with Gasteiger partial charge in [0, 0.05) is 12.0 Å². The van der Waals surface area contributed by atoms with Crippen molar-refractivity contribution in [3.05, 3.63) is 47.2 Å². The van der Waals surface area contributed by atoms with Gasteiger partial charge in [-0.25, -0.2) is 4.98 Å². The van der Waals surface area contributed by atoms with E-state index in [4.69, 9.17) is 4.74 Å². The van der Waals surface area contributed by atoms with Crippen LogP contribution in [0, 0.1) is 5.82 Å². The van der Waals surface area contributed by atoms with Gasteiger partial charge in [0.2, 0.25) is 5.82 Å². The lowest BCUT2D eigenvalue weighted by Gasteiger charge is -2.08. The van der Waals surface area contributed by atoms with Gasteiger partial charge in [-0.3, -0.25) is 4.79 Å². The largest absolute Gasteiger partial charge is 0.436 e. The van der Waals surface area contributed by atoms with E-state index in [1.807, 2.05) is 6.92 Å². The van der Waals surface area contributed by atoms with Crippen LogP contribution >= 0.6 is 0 Å². The molecule has 4 nitrogen and oxygen atoms in total. The number of nitrogens with zero attached hydrogens (tertiary/aromatic N) is 2. The average Bonchev–Trinajstić information content (AvgIpc) is 2.82. The number of aromatic nitrogens is 2. The van der Waals surface area contributed by atoms with Gasteiger partial charge in [-0.15, -0.1) is 0 Å². The Kier molecular flexibility index (Phi) is 3.18. The van der Waals surface area contributed by atoms with Gasteiger partial charge in [0.05, 0.1) is 5.69 Å². The van der Waals surface area contributed by atoms with E-state index in [-0.39, 0.29) is 11.7 Å². The van der Waals surface area contributed by atoms with Crippen LogP contribution in [0.15, 0.2) is 24.5 Å². The summed E-state index contributed by atoms with van der Waals surface area (Å²) in [5.41, 5.74) is 2.00. The van der Waals surface area contributed by atoms with Gasteiger partial charge in [-0.2, -0.15) is 9.37 Å². The summed E-state index contributed by atoms with van der Waals surface area (Å²) in [6, 6.07) is 5.16. The van der Waals surface area contributed by atoms with Crippen LogP contribution in [0.3, 0.4) is 0 Å². The zero-order valence-electron chi connectivity index (χ0n) is 11.0. The molecule has 5 heteroatoms. The molecule has 0 amide bonds. The highest BCUT2D eigenvalue weighted by Crippen LogP contribution is 2.29. The van der Waals surface area contributed by atoms with Crippen molar-refractivity contribution in [1.82, 2.24) is 9.97 Å². The molecule has 1 aromatic heterocycles. The quantitative estimate of drug-likeness (QED) is 0.861. The minimum absolute atomic E-state index is 0.0823. The molecule has 0 N–H and O–H groups in total. The number of ether oxygens (including phenoxy) is 1. The summed E-state index contributed by atoms with van der Waals surface area (Å²) >= 11 is 0. The molecule has 0 fully saturated rings. The van der Waals surface area contributed by atoms with Gasteiger partial charge >= 0.3 is 0 Å². The molecule has 0 bridgehead atoms. The predicted octanol–water partition coefficient (Wildman–Crippen LogP) is 3.10. The Morgan fingerprint density at radius 3 is 2.95 bits per heavy atom. The van der Waals surface area contributed by atoms with E-state index in [0.717, 1.165) is 11.1 Å². The van der Waals surface area contributed by atoms with E-state index in [1.165, 1.54) is 6.33 Å². The summed E-state index contributed by atoms with van der Waals surface area (Å²) in [5, 5.41) is 0. The smallest absolute Gasteiger partial charge is 0.259 e. The second-order valence-corrected chi connectivity index (χ2v) is 4.64. The van der Waals surface area contributed by atoms with Gasteiger partial charge in [0.15, 0.2) is 5.78 Å². The molecule has 1 aliphatic rings. The van der Waals surface area contributed by atoms with Crippen LogP contribution in [0.2, 0.25) is 0 Å². The van der Waals surface area contributed by atoms with Crippen molar-refractivity contribution in [2.45, 2.75) is 26.2 Å². The van der Waals surface area contributed by atoms with Crippen LogP contribution in [0.25, 0.3) is 0 Å². The number of benzene rings is 1. The summed E-state index contributed by atoms with van der Waals surface area (Å²) in [5.74, 6) is 0.0128. The summed E-state index contributed by atoms with van der Waals surface area (Å²) in [7, 11) is 0. The normalized spacial score (nSPS) is 13.4. The van der Waals surface area contributed by atoms with Crippen LogP contribution in [0.4, 0.5) is 4.39 Å². The fourth-order valence-corrected chi connectivity index (χ4v) is 2.31. The first-order valence-corrected chi connectivity index (χ1v) is 6.52. The van der Waals surface area contributed by atoms with Gasteiger partial charge in [-0.1, -0.05) is 6.92 Å². The van der Waals surface area contributed by atoms with Crippen LogP contribution in [0.5, 0.6) is 11.6 Å². The summed E-state index contributed by atoms with van der Waals surface area (Å²) in [4.78, 5) is 19.2. The number of halogens is 1. The van der Waals surface area contributed by atoms with Gasteiger partial charge < -0.3 is 4.74 Å². The maximum Gasteiger partial charge on any atom is 0.259 e. The van der Waals surface area contributed by atoms with Crippen molar-refractivity contribution in [2.75, 3.05) is 0 Å². The standard InChI is InChI=1S/C15H13FN2O2/c1-2-12-14(16)15(18-8-17-12)20-10-4-5-11-9(7-10)3-6-13(11)19/h4-5,7-8H,2-3,6H2,1H3. The molecule has 0 radical (unpaired) electrons. The Labute approximate surface area is 115 Å².